The number of hydrogen-bond donors (Lipinski definition) is 1. The lowest BCUT2D eigenvalue weighted by Crippen LogP contribution is -2.26. The van der Waals surface area contributed by atoms with Crippen LogP contribution in [0.4, 0.5) is 5.69 Å². The van der Waals surface area contributed by atoms with Crippen LogP contribution < -0.4 is 10.2 Å². The number of nitrogens with zero attached hydrogens (tertiary/aromatic N) is 2. The summed E-state index contributed by atoms with van der Waals surface area (Å²) in [6, 6.07) is 4.38. The van der Waals surface area contributed by atoms with Gasteiger partial charge in [-0.05, 0) is 36.8 Å². The number of anilines is 1. The molecule has 1 N–H and O–H groups in total. The van der Waals surface area contributed by atoms with E-state index in [1.165, 1.54) is 30.2 Å². The molecule has 1 fully saturated rings. The van der Waals surface area contributed by atoms with E-state index in [1.54, 1.807) is 0 Å². The van der Waals surface area contributed by atoms with Gasteiger partial charge in [0.2, 0.25) is 0 Å². The molecule has 4 heteroatoms. The Morgan fingerprint density at radius 1 is 1.37 bits per heavy atom. The van der Waals surface area contributed by atoms with Gasteiger partial charge in [0.05, 0.1) is 5.69 Å². The van der Waals surface area contributed by atoms with E-state index in [0.717, 1.165) is 25.3 Å². The predicted octanol–water partition coefficient (Wildman–Crippen LogP) is 2.77. The summed E-state index contributed by atoms with van der Waals surface area (Å²) in [6.45, 7) is 8.71. The highest BCUT2D eigenvalue weighted by molar-refractivity contribution is 7.99. The second-order valence-electron chi connectivity index (χ2n) is 5.48. The van der Waals surface area contributed by atoms with E-state index in [1.807, 2.05) is 6.20 Å². The molecule has 0 aromatic carbocycles. The molecular weight excluding hydrogens is 254 g/mol. The fourth-order valence-electron chi connectivity index (χ4n) is 2.25. The SMILES string of the molecule is CC(C)CNCc1cc(N2CCCSCC2)ccn1. The van der Waals surface area contributed by atoms with Crippen molar-refractivity contribution in [2.45, 2.75) is 26.8 Å². The molecule has 0 amide bonds. The molecule has 19 heavy (non-hydrogen) atoms. The van der Waals surface area contributed by atoms with E-state index < -0.39 is 0 Å². The Hall–Kier alpha value is -0.740. The highest BCUT2D eigenvalue weighted by Crippen LogP contribution is 2.19. The van der Waals surface area contributed by atoms with Crippen LogP contribution in [0.1, 0.15) is 26.0 Å². The minimum absolute atomic E-state index is 0.686. The first-order valence-corrected chi connectivity index (χ1v) is 8.39. The van der Waals surface area contributed by atoms with Crippen LogP contribution in [0.3, 0.4) is 0 Å². The highest BCUT2D eigenvalue weighted by Gasteiger charge is 2.10. The molecule has 3 nitrogen and oxygen atoms in total. The van der Waals surface area contributed by atoms with Crippen molar-refractivity contribution in [2.75, 3.05) is 36.0 Å². The van der Waals surface area contributed by atoms with Gasteiger partial charge >= 0.3 is 0 Å². The molecular formula is C15H25N3S. The third-order valence-electron chi connectivity index (χ3n) is 3.25. The van der Waals surface area contributed by atoms with Crippen molar-refractivity contribution in [1.29, 1.82) is 0 Å². The van der Waals surface area contributed by atoms with Gasteiger partial charge < -0.3 is 10.2 Å². The summed E-state index contributed by atoms with van der Waals surface area (Å²) in [4.78, 5) is 6.95. The second-order valence-corrected chi connectivity index (χ2v) is 6.71. The number of rotatable bonds is 5. The fraction of sp³-hybridized carbons (Fsp3) is 0.667. The van der Waals surface area contributed by atoms with E-state index in [4.69, 9.17) is 0 Å². The summed E-state index contributed by atoms with van der Waals surface area (Å²) >= 11 is 2.07. The van der Waals surface area contributed by atoms with Gasteiger partial charge in [0.25, 0.3) is 0 Å². The summed E-state index contributed by atoms with van der Waals surface area (Å²) in [5.41, 5.74) is 2.48. The molecule has 0 aliphatic carbocycles. The van der Waals surface area contributed by atoms with E-state index in [0.29, 0.717) is 5.92 Å². The van der Waals surface area contributed by atoms with E-state index in [2.05, 4.69) is 52.9 Å². The lowest BCUT2D eigenvalue weighted by molar-refractivity contribution is 0.548. The number of pyridine rings is 1. The normalized spacial score (nSPS) is 16.7. The van der Waals surface area contributed by atoms with Crippen LogP contribution in [0.25, 0.3) is 0 Å². The van der Waals surface area contributed by atoms with Crippen LogP contribution in [0.5, 0.6) is 0 Å². The van der Waals surface area contributed by atoms with Crippen molar-refractivity contribution in [3.8, 4) is 0 Å². The fourth-order valence-corrected chi connectivity index (χ4v) is 3.14. The van der Waals surface area contributed by atoms with Crippen molar-refractivity contribution in [3.63, 3.8) is 0 Å². The summed E-state index contributed by atoms with van der Waals surface area (Å²) in [5, 5.41) is 3.46. The molecule has 1 aliphatic heterocycles. The molecule has 1 aliphatic rings. The molecule has 0 radical (unpaired) electrons. The molecule has 2 heterocycles. The molecule has 0 spiro atoms. The molecule has 1 aromatic rings. The minimum atomic E-state index is 0.686. The number of aromatic nitrogens is 1. The quantitative estimate of drug-likeness (QED) is 0.897. The Morgan fingerprint density at radius 2 is 2.26 bits per heavy atom. The average Bonchev–Trinajstić information content (AvgIpc) is 2.67. The van der Waals surface area contributed by atoms with Gasteiger partial charge in [0.1, 0.15) is 0 Å². The van der Waals surface area contributed by atoms with Crippen LogP contribution >= 0.6 is 11.8 Å². The minimum Gasteiger partial charge on any atom is -0.371 e. The summed E-state index contributed by atoms with van der Waals surface area (Å²) in [5.74, 6) is 3.22. The third-order valence-corrected chi connectivity index (χ3v) is 4.29. The zero-order chi connectivity index (χ0) is 13.5. The first-order chi connectivity index (χ1) is 9.25. The van der Waals surface area contributed by atoms with Gasteiger partial charge in [-0.3, -0.25) is 4.98 Å². The topological polar surface area (TPSA) is 28.2 Å². The van der Waals surface area contributed by atoms with Crippen molar-refractivity contribution in [3.05, 3.63) is 24.0 Å². The maximum Gasteiger partial charge on any atom is 0.0562 e. The van der Waals surface area contributed by atoms with Crippen molar-refractivity contribution in [1.82, 2.24) is 10.3 Å². The largest absolute Gasteiger partial charge is 0.371 e. The Kier molecular flexibility index (Phi) is 5.98. The van der Waals surface area contributed by atoms with Gasteiger partial charge in [-0.2, -0.15) is 11.8 Å². The van der Waals surface area contributed by atoms with Crippen molar-refractivity contribution in [2.24, 2.45) is 5.92 Å². The first-order valence-electron chi connectivity index (χ1n) is 7.24. The van der Waals surface area contributed by atoms with Crippen LogP contribution in [0.15, 0.2) is 18.3 Å². The Bertz CT molecular complexity index is 373. The average molecular weight is 279 g/mol. The predicted molar refractivity (Wildman–Crippen MR) is 84.9 cm³/mol. The van der Waals surface area contributed by atoms with Crippen LogP contribution in [-0.4, -0.2) is 36.1 Å². The van der Waals surface area contributed by atoms with Gasteiger partial charge in [0.15, 0.2) is 0 Å². The Balaban J connectivity index is 1.93. The standard InChI is InChI=1S/C15H25N3S/c1-13(2)11-16-12-14-10-15(4-5-17-14)18-6-3-8-19-9-7-18/h4-5,10,13,16H,3,6-9,11-12H2,1-2H3. The molecule has 0 bridgehead atoms. The zero-order valence-corrected chi connectivity index (χ0v) is 12.9. The molecule has 0 saturated carbocycles. The smallest absolute Gasteiger partial charge is 0.0562 e. The Labute approximate surface area is 121 Å². The van der Waals surface area contributed by atoms with Gasteiger partial charge in [0, 0.05) is 37.3 Å². The number of nitrogens with one attached hydrogen (secondary N) is 1. The molecule has 2 rings (SSSR count). The lowest BCUT2D eigenvalue weighted by Gasteiger charge is -2.22. The van der Waals surface area contributed by atoms with Gasteiger partial charge in [-0.15, -0.1) is 0 Å². The number of hydrogen-bond acceptors (Lipinski definition) is 4. The maximum atomic E-state index is 4.46. The summed E-state index contributed by atoms with van der Waals surface area (Å²) in [6.07, 6.45) is 3.23. The van der Waals surface area contributed by atoms with Gasteiger partial charge in [-0.25, -0.2) is 0 Å². The molecule has 1 saturated heterocycles. The number of thioether (sulfide) groups is 1. The van der Waals surface area contributed by atoms with Crippen LogP contribution in [0, 0.1) is 5.92 Å². The van der Waals surface area contributed by atoms with E-state index in [9.17, 15) is 0 Å². The highest BCUT2D eigenvalue weighted by atomic mass is 32.2. The van der Waals surface area contributed by atoms with E-state index >= 15 is 0 Å². The van der Waals surface area contributed by atoms with Gasteiger partial charge in [-0.1, -0.05) is 13.8 Å². The van der Waals surface area contributed by atoms with Crippen molar-refractivity contribution < 1.29 is 0 Å². The van der Waals surface area contributed by atoms with E-state index in [-0.39, 0.29) is 0 Å². The van der Waals surface area contributed by atoms with Crippen molar-refractivity contribution >= 4 is 17.4 Å². The zero-order valence-electron chi connectivity index (χ0n) is 12.1. The monoisotopic (exact) mass is 279 g/mol. The summed E-state index contributed by atoms with van der Waals surface area (Å²) < 4.78 is 0. The molecule has 0 atom stereocenters. The third kappa shape index (κ3) is 5.03. The van der Waals surface area contributed by atoms with Crippen LogP contribution in [-0.2, 0) is 6.54 Å². The maximum absolute atomic E-state index is 4.46. The molecule has 106 valence electrons. The molecule has 1 aromatic heterocycles. The second kappa shape index (κ2) is 7.75. The summed E-state index contributed by atoms with van der Waals surface area (Å²) in [7, 11) is 0. The van der Waals surface area contributed by atoms with Crippen LogP contribution in [0.2, 0.25) is 0 Å². The molecule has 0 unspecified atom stereocenters. The lowest BCUT2D eigenvalue weighted by atomic mass is 10.2. The Morgan fingerprint density at radius 3 is 3.11 bits per heavy atom. The first kappa shape index (κ1) is 14.7.